The Labute approximate surface area is 133 Å². The third-order valence-corrected chi connectivity index (χ3v) is 3.63. The number of benzene rings is 2. The van der Waals surface area contributed by atoms with Gasteiger partial charge >= 0.3 is 0 Å². The minimum atomic E-state index is 0.448. The number of allylic oxidation sites excluding steroid dienone is 1. The molecule has 0 atom stereocenters. The lowest BCUT2D eigenvalue weighted by atomic mass is 9.96. The molecule has 0 aliphatic carbocycles. The standard InChI is InChI=1S/C20H24N2/c1-14(2)19-10-9-18(17-7-5-15(3)6-8-17)13-20(19)22-12-11-16(4)21/h5-14,21-22H,1-4H3/b12-11-,21-16?. The molecule has 0 amide bonds. The molecule has 0 aromatic heterocycles. The summed E-state index contributed by atoms with van der Waals surface area (Å²) < 4.78 is 0. The molecule has 0 radical (unpaired) electrons. The molecule has 2 rings (SSSR count). The van der Waals surface area contributed by atoms with Crippen LogP contribution in [0.2, 0.25) is 0 Å². The molecule has 2 nitrogen and oxygen atoms in total. The van der Waals surface area contributed by atoms with Crippen molar-refractivity contribution in [3.05, 3.63) is 65.9 Å². The van der Waals surface area contributed by atoms with Crippen LogP contribution in [0.25, 0.3) is 11.1 Å². The number of hydrogen-bond acceptors (Lipinski definition) is 2. The van der Waals surface area contributed by atoms with Gasteiger partial charge in [0, 0.05) is 17.6 Å². The van der Waals surface area contributed by atoms with Crippen LogP contribution in [0.4, 0.5) is 5.69 Å². The van der Waals surface area contributed by atoms with E-state index in [9.17, 15) is 0 Å². The molecule has 0 fully saturated rings. The fourth-order valence-corrected chi connectivity index (χ4v) is 2.37. The van der Waals surface area contributed by atoms with Crippen molar-refractivity contribution >= 4 is 11.4 Å². The number of aryl methyl sites for hydroxylation is 1. The summed E-state index contributed by atoms with van der Waals surface area (Å²) in [4.78, 5) is 0. The SMILES string of the molecule is CC(=N)/C=C\Nc1cc(-c2ccc(C)cc2)ccc1C(C)C. The summed E-state index contributed by atoms with van der Waals surface area (Å²) in [6.45, 7) is 8.25. The highest BCUT2D eigenvalue weighted by atomic mass is 14.8. The van der Waals surface area contributed by atoms with Crippen LogP contribution in [-0.4, -0.2) is 5.71 Å². The van der Waals surface area contributed by atoms with Crippen LogP contribution in [0.3, 0.4) is 0 Å². The monoisotopic (exact) mass is 292 g/mol. The highest BCUT2D eigenvalue weighted by Crippen LogP contribution is 2.30. The van der Waals surface area contributed by atoms with Crippen molar-refractivity contribution in [2.75, 3.05) is 5.32 Å². The fraction of sp³-hybridized carbons (Fsp3) is 0.250. The second-order valence-corrected chi connectivity index (χ2v) is 5.98. The van der Waals surface area contributed by atoms with Crippen LogP contribution < -0.4 is 5.32 Å². The van der Waals surface area contributed by atoms with Crippen LogP contribution >= 0.6 is 0 Å². The van der Waals surface area contributed by atoms with Gasteiger partial charge in [0.2, 0.25) is 0 Å². The molecule has 0 bridgehead atoms. The van der Waals surface area contributed by atoms with Crippen molar-refractivity contribution in [1.82, 2.24) is 0 Å². The fourth-order valence-electron chi connectivity index (χ4n) is 2.37. The third-order valence-electron chi connectivity index (χ3n) is 3.63. The molecule has 22 heavy (non-hydrogen) atoms. The largest absolute Gasteiger partial charge is 0.361 e. The van der Waals surface area contributed by atoms with Crippen LogP contribution in [0.5, 0.6) is 0 Å². The summed E-state index contributed by atoms with van der Waals surface area (Å²) in [6.07, 6.45) is 3.60. The predicted molar refractivity (Wildman–Crippen MR) is 96.9 cm³/mol. The Balaban J connectivity index is 2.37. The van der Waals surface area contributed by atoms with Crippen LogP contribution in [0, 0.1) is 12.3 Å². The maximum Gasteiger partial charge on any atom is 0.0421 e. The molecule has 0 heterocycles. The van der Waals surface area contributed by atoms with E-state index in [1.165, 1.54) is 22.3 Å². The van der Waals surface area contributed by atoms with Gasteiger partial charge in [0.15, 0.2) is 0 Å². The molecular weight excluding hydrogens is 268 g/mol. The Morgan fingerprint density at radius 2 is 1.68 bits per heavy atom. The predicted octanol–water partition coefficient (Wildman–Crippen LogP) is 5.75. The van der Waals surface area contributed by atoms with Gasteiger partial charge in [-0.25, -0.2) is 0 Å². The maximum atomic E-state index is 7.47. The molecular formula is C20H24N2. The van der Waals surface area contributed by atoms with Gasteiger partial charge < -0.3 is 10.7 Å². The smallest absolute Gasteiger partial charge is 0.0421 e. The average Bonchev–Trinajstić information content (AvgIpc) is 2.47. The van der Waals surface area contributed by atoms with Gasteiger partial charge in [0.1, 0.15) is 0 Å². The number of nitrogens with one attached hydrogen (secondary N) is 2. The highest BCUT2D eigenvalue weighted by Gasteiger charge is 2.08. The molecule has 2 aromatic rings. The second-order valence-electron chi connectivity index (χ2n) is 5.98. The molecule has 0 aliphatic rings. The first-order valence-corrected chi connectivity index (χ1v) is 7.66. The topological polar surface area (TPSA) is 35.9 Å². The van der Waals surface area contributed by atoms with Crippen LogP contribution in [0.1, 0.15) is 37.8 Å². The number of anilines is 1. The Kier molecular flexibility index (Phi) is 5.16. The zero-order valence-electron chi connectivity index (χ0n) is 13.8. The maximum absolute atomic E-state index is 7.47. The normalized spacial score (nSPS) is 11.1. The third kappa shape index (κ3) is 4.08. The summed E-state index contributed by atoms with van der Waals surface area (Å²) in [7, 11) is 0. The summed E-state index contributed by atoms with van der Waals surface area (Å²) >= 11 is 0. The molecule has 2 N–H and O–H groups in total. The van der Waals surface area contributed by atoms with Crippen molar-refractivity contribution in [3.63, 3.8) is 0 Å². The highest BCUT2D eigenvalue weighted by molar-refractivity contribution is 5.90. The van der Waals surface area contributed by atoms with Crippen molar-refractivity contribution in [2.24, 2.45) is 0 Å². The zero-order valence-corrected chi connectivity index (χ0v) is 13.8. The first-order chi connectivity index (χ1) is 10.5. The molecule has 114 valence electrons. The summed E-state index contributed by atoms with van der Waals surface area (Å²) in [5.74, 6) is 0.448. The van der Waals surface area contributed by atoms with E-state index in [1.807, 2.05) is 6.20 Å². The van der Waals surface area contributed by atoms with Gasteiger partial charge in [-0.05, 0) is 48.6 Å². The van der Waals surface area contributed by atoms with Gasteiger partial charge in [0.25, 0.3) is 0 Å². The molecule has 2 aromatic carbocycles. The second kappa shape index (κ2) is 7.08. The van der Waals surface area contributed by atoms with Crippen LogP contribution in [-0.2, 0) is 0 Å². The van der Waals surface area contributed by atoms with Gasteiger partial charge in [0.05, 0.1) is 0 Å². The van der Waals surface area contributed by atoms with Crippen molar-refractivity contribution < 1.29 is 0 Å². The molecule has 0 saturated carbocycles. The minimum absolute atomic E-state index is 0.448. The Morgan fingerprint density at radius 1 is 1.05 bits per heavy atom. The van der Waals surface area contributed by atoms with E-state index >= 15 is 0 Å². The number of rotatable bonds is 5. The van der Waals surface area contributed by atoms with Crippen molar-refractivity contribution in [1.29, 1.82) is 5.41 Å². The van der Waals surface area contributed by atoms with Crippen molar-refractivity contribution in [2.45, 2.75) is 33.6 Å². The number of hydrogen-bond donors (Lipinski definition) is 2. The molecule has 0 aliphatic heterocycles. The minimum Gasteiger partial charge on any atom is -0.361 e. The zero-order chi connectivity index (χ0) is 16.1. The first-order valence-electron chi connectivity index (χ1n) is 7.66. The molecule has 0 spiro atoms. The lowest BCUT2D eigenvalue weighted by molar-refractivity contribution is 0.869. The Morgan fingerprint density at radius 3 is 2.27 bits per heavy atom. The van der Waals surface area contributed by atoms with E-state index in [0.717, 1.165) is 5.69 Å². The van der Waals surface area contributed by atoms with E-state index in [2.05, 4.69) is 68.6 Å². The van der Waals surface area contributed by atoms with E-state index in [-0.39, 0.29) is 0 Å². The van der Waals surface area contributed by atoms with Crippen LogP contribution in [0.15, 0.2) is 54.7 Å². The first kappa shape index (κ1) is 16.0. The van der Waals surface area contributed by atoms with E-state index in [1.54, 1.807) is 13.0 Å². The van der Waals surface area contributed by atoms with Crippen molar-refractivity contribution in [3.8, 4) is 11.1 Å². The van der Waals surface area contributed by atoms with Gasteiger partial charge in [-0.2, -0.15) is 0 Å². The van der Waals surface area contributed by atoms with Gasteiger partial charge in [-0.1, -0.05) is 55.8 Å². The van der Waals surface area contributed by atoms with E-state index in [4.69, 9.17) is 5.41 Å². The molecule has 2 heteroatoms. The van der Waals surface area contributed by atoms with Gasteiger partial charge in [-0.3, -0.25) is 0 Å². The van der Waals surface area contributed by atoms with Gasteiger partial charge in [-0.15, -0.1) is 0 Å². The Bertz CT molecular complexity index is 679. The molecule has 0 unspecified atom stereocenters. The quantitative estimate of drug-likeness (QED) is 0.676. The lowest BCUT2D eigenvalue weighted by Crippen LogP contribution is -1.98. The summed E-state index contributed by atoms with van der Waals surface area (Å²) in [5.41, 5.74) is 6.61. The molecule has 0 saturated heterocycles. The average molecular weight is 292 g/mol. The Hall–Kier alpha value is -2.35. The lowest BCUT2D eigenvalue weighted by Gasteiger charge is -2.15. The van der Waals surface area contributed by atoms with E-state index < -0.39 is 0 Å². The summed E-state index contributed by atoms with van der Waals surface area (Å²) in [6, 6.07) is 15.1. The van der Waals surface area contributed by atoms with E-state index in [0.29, 0.717) is 11.6 Å². The summed E-state index contributed by atoms with van der Waals surface area (Å²) in [5, 5.41) is 10.8.